The number of likely N-dealkylation sites (tertiary alicyclic amines) is 1. The van der Waals surface area contributed by atoms with Gasteiger partial charge in [-0.2, -0.15) is 0 Å². The number of ether oxygens (including phenoxy) is 1. The third kappa shape index (κ3) is 4.84. The highest BCUT2D eigenvalue weighted by Crippen LogP contribution is 2.35. The van der Waals surface area contributed by atoms with Crippen LogP contribution in [0.25, 0.3) is 0 Å². The maximum absolute atomic E-state index is 11.9. The van der Waals surface area contributed by atoms with E-state index in [4.69, 9.17) is 10.5 Å². The lowest BCUT2D eigenvalue weighted by Gasteiger charge is -2.39. The average molecular weight is 256 g/mol. The Morgan fingerprint density at radius 3 is 2.33 bits per heavy atom. The van der Waals surface area contributed by atoms with E-state index in [-0.39, 0.29) is 6.09 Å². The van der Waals surface area contributed by atoms with E-state index in [2.05, 4.69) is 6.92 Å². The van der Waals surface area contributed by atoms with Crippen LogP contribution in [0.4, 0.5) is 4.79 Å². The molecule has 0 radical (unpaired) electrons. The fourth-order valence-electron chi connectivity index (χ4n) is 2.33. The summed E-state index contributed by atoms with van der Waals surface area (Å²) in [5.74, 6) is 0. The van der Waals surface area contributed by atoms with Gasteiger partial charge in [-0.25, -0.2) is 4.79 Å². The van der Waals surface area contributed by atoms with Crippen molar-refractivity contribution in [1.82, 2.24) is 4.90 Å². The van der Waals surface area contributed by atoms with Gasteiger partial charge in [0, 0.05) is 13.1 Å². The molecular formula is C14H28N2O2. The predicted octanol–water partition coefficient (Wildman–Crippen LogP) is 2.76. The highest BCUT2D eigenvalue weighted by Gasteiger charge is 2.32. The van der Waals surface area contributed by atoms with Crippen LogP contribution in [0.5, 0.6) is 0 Å². The van der Waals surface area contributed by atoms with E-state index in [1.165, 1.54) is 0 Å². The molecule has 4 heteroatoms. The molecule has 4 nitrogen and oxygen atoms in total. The minimum Gasteiger partial charge on any atom is -0.444 e. The molecule has 1 rings (SSSR count). The maximum atomic E-state index is 11.9. The van der Waals surface area contributed by atoms with E-state index in [1.54, 1.807) is 0 Å². The van der Waals surface area contributed by atoms with Gasteiger partial charge in [0.05, 0.1) is 0 Å². The molecule has 0 aromatic rings. The van der Waals surface area contributed by atoms with Crippen LogP contribution in [0.2, 0.25) is 0 Å². The smallest absolute Gasteiger partial charge is 0.410 e. The zero-order chi connectivity index (χ0) is 13.8. The predicted molar refractivity (Wildman–Crippen MR) is 73.4 cm³/mol. The largest absolute Gasteiger partial charge is 0.444 e. The van der Waals surface area contributed by atoms with E-state index in [1.807, 2.05) is 25.7 Å². The van der Waals surface area contributed by atoms with Crippen molar-refractivity contribution in [3.8, 4) is 0 Å². The van der Waals surface area contributed by atoms with Crippen LogP contribution in [0.1, 0.15) is 53.4 Å². The van der Waals surface area contributed by atoms with Crippen molar-refractivity contribution in [2.45, 2.75) is 59.0 Å². The van der Waals surface area contributed by atoms with Crippen LogP contribution in [0.15, 0.2) is 0 Å². The number of carbonyl (C=O) groups is 1. The molecule has 0 aromatic carbocycles. The minimum absolute atomic E-state index is 0.177. The number of piperidine rings is 1. The molecule has 1 heterocycles. The van der Waals surface area contributed by atoms with Gasteiger partial charge in [0.2, 0.25) is 0 Å². The number of hydrogen-bond donors (Lipinski definition) is 1. The summed E-state index contributed by atoms with van der Waals surface area (Å²) in [7, 11) is 0. The quantitative estimate of drug-likeness (QED) is 0.844. The second-order valence-electron chi connectivity index (χ2n) is 6.67. The zero-order valence-electron chi connectivity index (χ0n) is 12.3. The van der Waals surface area contributed by atoms with Crippen LogP contribution in [-0.4, -0.2) is 36.2 Å². The standard InChI is InChI=1S/C14H28N2O2/c1-13(2,3)18-12(17)16-10-7-14(4,8-11-16)6-5-9-15/h5-11,15H2,1-4H3. The normalized spacial score (nSPS) is 19.7. The van der Waals surface area contributed by atoms with Crippen LogP contribution in [0.3, 0.4) is 0 Å². The number of nitrogens with zero attached hydrogens (tertiary/aromatic N) is 1. The van der Waals surface area contributed by atoms with E-state index in [0.717, 1.165) is 45.3 Å². The van der Waals surface area contributed by atoms with E-state index in [9.17, 15) is 4.79 Å². The van der Waals surface area contributed by atoms with Crippen molar-refractivity contribution < 1.29 is 9.53 Å². The molecule has 1 fully saturated rings. The Kier molecular flexibility index (Phi) is 5.02. The molecule has 1 amide bonds. The third-order valence-electron chi connectivity index (χ3n) is 3.61. The van der Waals surface area contributed by atoms with Crippen molar-refractivity contribution in [2.75, 3.05) is 19.6 Å². The molecule has 0 bridgehead atoms. The van der Waals surface area contributed by atoms with Crippen LogP contribution in [0, 0.1) is 5.41 Å². The van der Waals surface area contributed by atoms with Crippen molar-refractivity contribution >= 4 is 6.09 Å². The Bertz CT molecular complexity index is 276. The summed E-state index contributed by atoms with van der Waals surface area (Å²) in [4.78, 5) is 13.8. The second kappa shape index (κ2) is 5.91. The molecule has 0 aliphatic carbocycles. The van der Waals surface area contributed by atoms with Gasteiger partial charge in [-0.15, -0.1) is 0 Å². The number of nitrogens with two attached hydrogens (primary N) is 1. The van der Waals surface area contributed by atoms with E-state index in [0.29, 0.717) is 5.41 Å². The topological polar surface area (TPSA) is 55.6 Å². The van der Waals surface area contributed by atoms with Gasteiger partial charge < -0.3 is 15.4 Å². The van der Waals surface area contributed by atoms with Crippen LogP contribution in [-0.2, 0) is 4.74 Å². The molecule has 106 valence electrons. The van der Waals surface area contributed by atoms with Gasteiger partial charge in [0.15, 0.2) is 0 Å². The lowest BCUT2D eigenvalue weighted by molar-refractivity contribution is 0.0109. The summed E-state index contributed by atoms with van der Waals surface area (Å²) in [5, 5.41) is 0. The molecule has 1 aliphatic rings. The molecule has 0 saturated carbocycles. The Labute approximate surface area is 111 Å². The summed E-state index contributed by atoms with van der Waals surface area (Å²) in [6.45, 7) is 10.4. The number of rotatable bonds is 3. The Hall–Kier alpha value is -0.770. The Morgan fingerprint density at radius 1 is 1.33 bits per heavy atom. The van der Waals surface area contributed by atoms with Crippen molar-refractivity contribution in [2.24, 2.45) is 11.1 Å². The second-order valence-corrected chi connectivity index (χ2v) is 6.67. The highest BCUT2D eigenvalue weighted by atomic mass is 16.6. The number of amides is 1. The fraction of sp³-hybridized carbons (Fsp3) is 0.929. The SMILES string of the molecule is CC1(CCCN)CCN(C(=O)OC(C)(C)C)CC1. The van der Waals surface area contributed by atoms with Gasteiger partial charge in [-0.3, -0.25) is 0 Å². The average Bonchev–Trinajstić information content (AvgIpc) is 2.25. The highest BCUT2D eigenvalue weighted by molar-refractivity contribution is 5.68. The van der Waals surface area contributed by atoms with E-state index >= 15 is 0 Å². The molecule has 1 aliphatic heterocycles. The third-order valence-corrected chi connectivity index (χ3v) is 3.61. The lowest BCUT2D eigenvalue weighted by Crippen LogP contribution is -2.44. The molecule has 0 unspecified atom stereocenters. The van der Waals surface area contributed by atoms with Gasteiger partial charge in [0.1, 0.15) is 5.60 Å². The fourth-order valence-corrected chi connectivity index (χ4v) is 2.33. The summed E-state index contributed by atoms with van der Waals surface area (Å²) in [5.41, 5.74) is 5.50. The maximum Gasteiger partial charge on any atom is 0.410 e. The molecule has 18 heavy (non-hydrogen) atoms. The van der Waals surface area contributed by atoms with Crippen molar-refractivity contribution in [1.29, 1.82) is 0 Å². The van der Waals surface area contributed by atoms with Crippen molar-refractivity contribution in [3.05, 3.63) is 0 Å². The lowest BCUT2D eigenvalue weighted by atomic mass is 9.77. The Balaban J connectivity index is 2.41. The van der Waals surface area contributed by atoms with Gasteiger partial charge >= 0.3 is 6.09 Å². The van der Waals surface area contributed by atoms with Gasteiger partial charge in [-0.05, 0) is 58.4 Å². The molecule has 0 atom stereocenters. The summed E-state index contributed by atoms with van der Waals surface area (Å²) < 4.78 is 5.39. The summed E-state index contributed by atoms with van der Waals surface area (Å²) >= 11 is 0. The van der Waals surface area contributed by atoms with Gasteiger partial charge in [0.25, 0.3) is 0 Å². The molecule has 0 spiro atoms. The Morgan fingerprint density at radius 2 is 1.89 bits per heavy atom. The zero-order valence-corrected chi connectivity index (χ0v) is 12.3. The van der Waals surface area contributed by atoms with Crippen molar-refractivity contribution in [3.63, 3.8) is 0 Å². The molecule has 2 N–H and O–H groups in total. The molecule has 1 saturated heterocycles. The summed E-state index contributed by atoms with van der Waals surface area (Å²) in [6.07, 6.45) is 4.15. The minimum atomic E-state index is -0.405. The molecule has 0 aromatic heterocycles. The molecular weight excluding hydrogens is 228 g/mol. The summed E-state index contributed by atoms with van der Waals surface area (Å²) in [6, 6.07) is 0. The van der Waals surface area contributed by atoms with Crippen LogP contribution >= 0.6 is 0 Å². The monoisotopic (exact) mass is 256 g/mol. The first-order valence-corrected chi connectivity index (χ1v) is 6.94. The number of carbonyl (C=O) groups excluding carboxylic acids is 1. The number of hydrogen-bond acceptors (Lipinski definition) is 3. The first-order chi connectivity index (χ1) is 8.26. The van der Waals surface area contributed by atoms with Crippen LogP contribution < -0.4 is 5.73 Å². The first-order valence-electron chi connectivity index (χ1n) is 6.94. The van der Waals surface area contributed by atoms with Gasteiger partial charge in [-0.1, -0.05) is 6.92 Å². The van der Waals surface area contributed by atoms with E-state index < -0.39 is 5.60 Å². The first kappa shape index (κ1) is 15.3.